The van der Waals surface area contributed by atoms with E-state index in [1.54, 1.807) is 0 Å². The Morgan fingerprint density at radius 1 is 1.15 bits per heavy atom. The zero-order chi connectivity index (χ0) is 18.6. The number of hydrogen-bond donors (Lipinski definition) is 2. The molecule has 2 aliphatic heterocycles. The summed E-state index contributed by atoms with van der Waals surface area (Å²) in [5.41, 5.74) is -0.768. The Balaban J connectivity index is 1.45. The number of nitrogens with one attached hydrogen (secondary N) is 2. The minimum atomic E-state index is -0.768. The van der Waals surface area contributed by atoms with E-state index in [0.717, 1.165) is 37.4 Å². The van der Waals surface area contributed by atoms with Crippen LogP contribution in [0.5, 0.6) is 0 Å². The number of urea groups is 1. The van der Waals surface area contributed by atoms with Gasteiger partial charge in [0.25, 0.3) is 5.91 Å². The molecule has 146 valence electrons. The number of hydrogen-bond acceptors (Lipinski definition) is 4. The summed E-state index contributed by atoms with van der Waals surface area (Å²) in [6.07, 6.45) is 8.22. The largest absolute Gasteiger partial charge is 0.353 e. The van der Waals surface area contributed by atoms with Crippen LogP contribution in [0.25, 0.3) is 0 Å². The number of carbonyl (C=O) groups is 3. The number of amides is 4. The molecule has 0 aromatic heterocycles. The lowest BCUT2D eigenvalue weighted by Crippen LogP contribution is -2.50. The van der Waals surface area contributed by atoms with Crippen molar-refractivity contribution in [2.45, 2.75) is 63.8 Å². The van der Waals surface area contributed by atoms with Crippen molar-refractivity contribution in [2.75, 3.05) is 32.7 Å². The molecule has 2 N–H and O–H groups in total. The highest BCUT2D eigenvalue weighted by Crippen LogP contribution is 2.36. The molecule has 0 atom stereocenters. The minimum absolute atomic E-state index is 0.179. The van der Waals surface area contributed by atoms with Crippen LogP contribution in [-0.2, 0) is 9.59 Å². The summed E-state index contributed by atoms with van der Waals surface area (Å²) in [7, 11) is 0. The van der Waals surface area contributed by atoms with Crippen LogP contribution < -0.4 is 10.6 Å². The van der Waals surface area contributed by atoms with E-state index in [1.165, 1.54) is 25.7 Å². The average Bonchev–Trinajstić information content (AvgIpc) is 2.81. The first-order chi connectivity index (χ1) is 12.5. The van der Waals surface area contributed by atoms with Crippen LogP contribution in [0.15, 0.2) is 0 Å². The molecule has 3 rings (SSSR count). The standard InChI is InChI=1S/C19H32N4O3/c1-15-6-8-19(9-7-15)17(25)23(18(26)21-19)14-16(24)20-10-13-22-11-4-2-3-5-12-22/h15H,2-14H2,1H3,(H,20,24)(H,21,26). The van der Waals surface area contributed by atoms with Gasteiger partial charge >= 0.3 is 6.03 Å². The second kappa shape index (κ2) is 8.37. The summed E-state index contributed by atoms with van der Waals surface area (Å²) in [5.74, 6) is 0.100. The molecule has 0 unspecified atom stereocenters. The molecule has 3 aliphatic rings. The van der Waals surface area contributed by atoms with E-state index >= 15 is 0 Å². The van der Waals surface area contributed by atoms with E-state index < -0.39 is 11.6 Å². The number of nitrogens with zero attached hydrogens (tertiary/aromatic N) is 2. The third kappa shape index (κ3) is 4.37. The van der Waals surface area contributed by atoms with Crippen molar-refractivity contribution >= 4 is 17.8 Å². The lowest BCUT2D eigenvalue weighted by molar-refractivity contribution is -0.136. The molecule has 0 aromatic carbocycles. The molecule has 4 amide bonds. The van der Waals surface area contributed by atoms with Crippen molar-refractivity contribution in [1.29, 1.82) is 0 Å². The lowest BCUT2D eigenvalue weighted by atomic mass is 9.77. The first-order valence-corrected chi connectivity index (χ1v) is 10.1. The Hall–Kier alpha value is -1.63. The van der Waals surface area contributed by atoms with Crippen molar-refractivity contribution in [1.82, 2.24) is 20.4 Å². The molecule has 1 aliphatic carbocycles. The van der Waals surface area contributed by atoms with E-state index in [2.05, 4.69) is 22.5 Å². The summed E-state index contributed by atoms with van der Waals surface area (Å²) in [6.45, 7) is 5.55. The van der Waals surface area contributed by atoms with Crippen LogP contribution in [0, 0.1) is 5.92 Å². The second-order valence-electron chi connectivity index (χ2n) is 8.19. The van der Waals surface area contributed by atoms with Gasteiger partial charge in [-0.05, 0) is 57.5 Å². The third-order valence-electron chi connectivity index (χ3n) is 6.12. The smallest absolute Gasteiger partial charge is 0.325 e. The highest BCUT2D eigenvalue weighted by molar-refractivity contribution is 6.09. The number of rotatable bonds is 5. The van der Waals surface area contributed by atoms with Gasteiger partial charge in [0.1, 0.15) is 12.1 Å². The second-order valence-corrected chi connectivity index (χ2v) is 8.19. The van der Waals surface area contributed by atoms with E-state index in [0.29, 0.717) is 25.3 Å². The summed E-state index contributed by atoms with van der Waals surface area (Å²) < 4.78 is 0. The van der Waals surface area contributed by atoms with Gasteiger partial charge in [-0.25, -0.2) is 4.79 Å². The molecule has 2 saturated heterocycles. The van der Waals surface area contributed by atoms with Crippen molar-refractivity contribution < 1.29 is 14.4 Å². The summed E-state index contributed by atoms with van der Waals surface area (Å²) >= 11 is 0. The fraction of sp³-hybridized carbons (Fsp3) is 0.842. The van der Waals surface area contributed by atoms with Gasteiger partial charge in [-0.15, -0.1) is 0 Å². The van der Waals surface area contributed by atoms with Gasteiger partial charge in [-0.3, -0.25) is 14.5 Å². The Labute approximate surface area is 155 Å². The molecule has 1 spiro atoms. The van der Waals surface area contributed by atoms with Crippen molar-refractivity contribution in [2.24, 2.45) is 5.92 Å². The molecule has 3 fully saturated rings. The van der Waals surface area contributed by atoms with E-state index in [1.807, 2.05) is 0 Å². The van der Waals surface area contributed by atoms with Gasteiger partial charge in [-0.1, -0.05) is 19.8 Å². The quantitative estimate of drug-likeness (QED) is 0.724. The predicted molar refractivity (Wildman–Crippen MR) is 98.5 cm³/mol. The molecule has 7 heteroatoms. The summed E-state index contributed by atoms with van der Waals surface area (Å²) in [5, 5.41) is 5.72. The maximum absolute atomic E-state index is 12.7. The van der Waals surface area contributed by atoms with Crippen molar-refractivity contribution in [3.63, 3.8) is 0 Å². The Morgan fingerprint density at radius 2 is 1.81 bits per heavy atom. The van der Waals surface area contributed by atoms with Gasteiger partial charge in [0.15, 0.2) is 0 Å². The van der Waals surface area contributed by atoms with Gasteiger partial charge in [-0.2, -0.15) is 0 Å². The molecule has 2 heterocycles. The van der Waals surface area contributed by atoms with Crippen LogP contribution in [0.1, 0.15) is 58.3 Å². The van der Waals surface area contributed by atoms with Gasteiger partial charge in [0.05, 0.1) is 0 Å². The summed E-state index contributed by atoms with van der Waals surface area (Å²) in [6, 6.07) is -0.424. The fourth-order valence-electron chi connectivity index (χ4n) is 4.33. The van der Waals surface area contributed by atoms with E-state index in [4.69, 9.17) is 0 Å². The molecule has 0 radical (unpaired) electrons. The highest BCUT2D eigenvalue weighted by Gasteiger charge is 2.52. The maximum Gasteiger partial charge on any atom is 0.325 e. The van der Waals surface area contributed by atoms with Crippen LogP contribution in [0.4, 0.5) is 4.79 Å². The third-order valence-corrected chi connectivity index (χ3v) is 6.12. The Bertz CT molecular complexity index is 535. The molecule has 7 nitrogen and oxygen atoms in total. The topological polar surface area (TPSA) is 81.8 Å². The first-order valence-electron chi connectivity index (χ1n) is 10.1. The Morgan fingerprint density at radius 3 is 2.46 bits per heavy atom. The van der Waals surface area contributed by atoms with E-state index in [-0.39, 0.29) is 18.4 Å². The molecule has 0 aromatic rings. The van der Waals surface area contributed by atoms with Gasteiger partial charge < -0.3 is 15.5 Å². The predicted octanol–water partition coefficient (Wildman–Crippen LogP) is 1.48. The van der Waals surface area contributed by atoms with Crippen LogP contribution in [-0.4, -0.2) is 65.9 Å². The molecule has 1 saturated carbocycles. The average molecular weight is 364 g/mol. The maximum atomic E-state index is 12.7. The van der Waals surface area contributed by atoms with Crippen LogP contribution in [0.3, 0.4) is 0 Å². The molecular weight excluding hydrogens is 332 g/mol. The minimum Gasteiger partial charge on any atom is -0.353 e. The number of carbonyl (C=O) groups excluding carboxylic acids is 3. The number of likely N-dealkylation sites (tertiary alicyclic amines) is 1. The van der Waals surface area contributed by atoms with E-state index in [9.17, 15) is 14.4 Å². The normalized spacial score (nSPS) is 30.3. The molecular formula is C19H32N4O3. The zero-order valence-corrected chi connectivity index (χ0v) is 15.9. The van der Waals surface area contributed by atoms with Crippen molar-refractivity contribution in [3.8, 4) is 0 Å². The summed E-state index contributed by atoms with van der Waals surface area (Å²) in [4.78, 5) is 40.7. The lowest BCUT2D eigenvalue weighted by Gasteiger charge is -2.33. The molecule has 26 heavy (non-hydrogen) atoms. The fourth-order valence-corrected chi connectivity index (χ4v) is 4.33. The molecule has 0 bridgehead atoms. The SMILES string of the molecule is CC1CCC2(CC1)NC(=O)N(CC(=O)NCCN1CCCCCC1)C2=O. The first kappa shape index (κ1) is 19.1. The monoisotopic (exact) mass is 364 g/mol. The van der Waals surface area contributed by atoms with Crippen molar-refractivity contribution in [3.05, 3.63) is 0 Å². The van der Waals surface area contributed by atoms with Gasteiger partial charge in [0.2, 0.25) is 5.91 Å². The van der Waals surface area contributed by atoms with Crippen LogP contribution >= 0.6 is 0 Å². The highest BCUT2D eigenvalue weighted by atomic mass is 16.2. The number of imide groups is 1. The zero-order valence-electron chi connectivity index (χ0n) is 15.9. The Kier molecular flexibility index (Phi) is 6.16. The van der Waals surface area contributed by atoms with Gasteiger partial charge in [0, 0.05) is 13.1 Å². The van der Waals surface area contributed by atoms with Crippen LogP contribution in [0.2, 0.25) is 0 Å².